The fourth-order valence-corrected chi connectivity index (χ4v) is 4.14. The van der Waals surface area contributed by atoms with Crippen LogP contribution in [0.25, 0.3) is 0 Å². The summed E-state index contributed by atoms with van der Waals surface area (Å²) in [4.78, 5) is 6.72. The molecular formula is C15H21N3O3S. The van der Waals surface area contributed by atoms with E-state index >= 15 is 0 Å². The smallest absolute Gasteiger partial charge is 0.266 e. The summed E-state index contributed by atoms with van der Waals surface area (Å²) in [6.45, 7) is 5.55. The lowest BCUT2D eigenvalue weighted by Gasteiger charge is -2.32. The van der Waals surface area contributed by atoms with Crippen molar-refractivity contribution in [1.82, 2.24) is 9.21 Å². The summed E-state index contributed by atoms with van der Waals surface area (Å²) in [6.07, 6.45) is 0.893. The van der Waals surface area contributed by atoms with Crippen LogP contribution in [0.5, 0.6) is 0 Å². The Hall–Kier alpha value is -1.60. The Bertz CT molecular complexity index is 649. The molecule has 0 radical (unpaired) electrons. The molecule has 0 unspecified atom stereocenters. The third-order valence-electron chi connectivity index (χ3n) is 3.99. The van der Waals surface area contributed by atoms with Crippen LogP contribution in [-0.4, -0.2) is 63.0 Å². The van der Waals surface area contributed by atoms with Gasteiger partial charge in [-0.3, -0.25) is 4.99 Å². The highest BCUT2D eigenvalue weighted by Crippen LogP contribution is 2.21. The number of aliphatic imine (C=N–C) groups is 1. The number of nitrogens with zero attached hydrogens (tertiary/aromatic N) is 3. The van der Waals surface area contributed by atoms with E-state index in [9.17, 15) is 8.42 Å². The number of hydrogen-bond acceptors (Lipinski definition) is 5. The monoisotopic (exact) mass is 323 g/mol. The lowest BCUT2D eigenvalue weighted by Crippen LogP contribution is -2.49. The topological polar surface area (TPSA) is 62.2 Å². The van der Waals surface area contributed by atoms with E-state index in [1.807, 2.05) is 24.0 Å². The van der Waals surface area contributed by atoms with Gasteiger partial charge in [0.05, 0.1) is 31.2 Å². The molecule has 7 heteroatoms. The van der Waals surface area contributed by atoms with Crippen LogP contribution < -0.4 is 0 Å². The van der Waals surface area contributed by atoms with Gasteiger partial charge in [0.15, 0.2) is 0 Å². The van der Waals surface area contributed by atoms with Crippen molar-refractivity contribution in [2.75, 3.05) is 39.4 Å². The van der Waals surface area contributed by atoms with E-state index in [2.05, 4.69) is 4.99 Å². The Kier molecular flexibility index (Phi) is 4.35. The number of benzene rings is 1. The van der Waals surface area contributed by atoms with Gasteiger partial charge in [0.25, 0.3) is 10.0 Å². The minimum absolute atomic E-state index is 0.326. The minimum Gasteiger partial charge on any atom is -0.378 e. The highest BCUT2D eigenvalue weighted by atomic mass is 32.2. The molecule has 3 rings (SSSR count). The highest BCUT2D eigenvalue weighted by molar-refractivity contribution is 7.89. The molecule has 0 aliphatic carbocycles. The maximum atomic E-state index is 12.9. The van der Waals surface area contributed by atoms with Gasteiger partial charge < -0.3 is 9.64 Å². The molecule has 0 amide bonds. The molecule has 2 aliphatic heterocycles. The van der Waals surface area contributed by atoms with Crippen molar-refractivity contribution in [3.63, 3.8) is 0 Å². The van der Waals surface area contributed by atoms with E-state index in [1.54, 1.807) is 12.1 Å². The van der Waals surface area contributed by atoms with E-state index < -0.39 is 10.0 Å². The number of aryl methyl sites for hydroxylation is 1. The fraction of sp³-hybridized carbons (Fsp3) is 0.533. The Morgan fingerprint density at radius 2 is 1.82 bits per heavy atom. The Labute approximate surface area is 131 Å². The molecule has 1 fully saturated rings. The van der Waals surface area contributed by atoms with Gasteiger partial charge in [0, 0.05) is 13.1 Å². The van der Waals surface area contributed by atoms with Crippen molar-refractivity contribution in [2.45, 2.75) is 18.2 Å². The predicted octanol–water partition coefficient (Wildman–Crippen LogP) is 0.941. The first kappa shape index (κ1) is 15.3. The summed E-state index contributed by atoms with van der Waals surface area (Å²) >= 11 is 0. The van der Waals surface area contributed by atoms with Crippen LogP contribution in [0.4, 0.5) is 0 Å². The number of ether oxygens (including phenoxy) is 1. The first-order valence-electron chi connectivity index (χ1n) is 7.62. The van der Waals surface area contributed by atoms with E-state index in [0.717, 1.165) is 12.0 Å². The normalized spacial score (nSPS) is 19.4. The Balaban J connectivity index is 1.85. The molecule has 0 atom stereocenters. The molecule has 0 N–H and O–H groups in total. The first-order valence-corrected chi connectivity index (χ1v) is 9.06. The lowest BCUT2D eigenvalue weighted by atomic mass is 10.2. The Morgan fingerprint density at radius 1 is 1.14 bits per heavy atom. The van der Waals surface area contributed by atoms with E-state index in [-0.39, 0.29) is 0 Å². The van der Waals surface area contributed by atoms with Crippen molar-refractivity contribution in [3.8, 4) is 0 Å². The number of sulfonamides is 1. The van der Waals surface area contributed by atoms with E-state index in [4.69, 9.17) is 4.74 Å². The van der Waals surface area contributed by atoms with Crippen LogP contribution in [0.1, 0.15) is 12.5 Å². The van der Waals surface area contributed by atoms with E-state index in [1.165, 1.54) is 4.31 Å². The summed E-state index contributed by atoms with van der Waals surface area (Å²) in [6, 6.07) is 7.11. The number of morpholine rings is 1. The molecule has 0 aromatic heterocycles. The van der Waals surface area contributed by atoms with Gasteiger partial charge in [-0.1, -0.05) is 19.1 Å². The standard InChI is InChI=1S/C15H21N3O3S/c1-2-13-3-5-14(6-4-13)22(19,20)18-8-7-16-15(18)17-9-11-21-12-10-17/h3-6H,2,7-12H2,1H3. The van der Waals surface area contributed by atoms with Crippen LogP contribution in [0.3, 0.4) is 0 Å². The first-order chi connectivity index (χ1) is 10.6. The Morgan fingerprint density at radius 3 is 2.45 bits per heavy atom. The molecule has 6 nitrogen and oxygen atoms in total. The van der Waals surface area contributed by atoms with Gasteiger partial charge in [-0.2, -0.15) is 0 Å². The average Bonchev–Trinajstić information content (AvgIpc) is 3.06. The van der Waals surface area contributed by atoms with Crippen LogP contribution in [0, 0.1) is 0 Å². The average molecular weight is 323 g/mol. The molecule has 0 spiro atoms. The van der Waals surface area contributed by atoms with Crippen molar-refractivity contribution in [1.29, 1.82) is 0 Å². The predicted molar refractivity (Wildman–Crippen MR) is 84.4 cm³/mol. The molecule has 2 aliphatic rings. The summed E-state index contributed by atoms with van der Waals surface area (Å²) in [5.41, 5.74) is 1.13. The molecule has 1 aromatic rings. The molecule has 1 aromatic carbocycles. The van der Waals surface area contributed by atoms with Crippen LogP contribution in [0.2, 0.25) is 0 Å². The molecule has 22 heavy (non-hydrogen) atoms. The van der Waals surface area contributed by atoms with Gasteiger partial charge in [-0.15, -0.1) is 0 Å². The van der Waals surface area contributed by atoms with Gasteiger partial charge >= 0.3 is 0 Å². The molecular weight excluding hydrogens is 302 g/mol. The molecule has 0 bridgehead atoms. The zero-order valence-electron chi connectivity index (χ0n) is 12.7. The summed E-state index contributed by atoms with van der Waals surface area (Å²) < 4.78 is 32.5. The van der Waals surface area contributed by atoms with Gasteiger partial charge in [-0.05, 0) is 24.1 Å². The van der Waals surface area contributed by atoms with Gasteiger partial charge in [0.1, 0.15) is 0 Å². The highest BCUT2D eigenvalue weighted by Gasteiger charge is 2.34. The van der Waals surface area contributed by atoms with Gasteiger partial charge in [-0.25, -0.2) is 12.7 Å². The van der Waals surface area contributed by atoms with E-state index in [0.29, 0.717) is 50.2 Å². The fourth-order valence-electron chi connectivity index (χ4n) is 2.69. The van der Waals surface area contributed by atoms with Crippen LogP contribution >= 0.6 is 0 Å². The second kappa shape index (κ2) is 6.26. The SMILES string of the molecule is CCc1ccc(S(=O)(=O)N2CCN=C2N2CCOCC2)cc1. The molecule has 120 valence electrons. The third kappa shape index (κ3) is 2.83. The van der Waals surface area contributed by atoms with Crippen molar-refractivity contribution in [2.24, 2.45) is 4.99 Å². The lowest BCUT2D eigenvalue weighted by molar-refractivity contribution is 0.0652. The van der Waals surface area contributed by atoms with Crippen LogP contribution in [0.15, 0.2) is 34.2 Å². The summed E-state index contributed by atoms with van der Waals surface area (Å²) in [5, 5.41) is 0. The second-order valence-electron chi connectivity index (χ2n) is 5.36. The maximum absolute atomic E-state index is 12.9. The van der Waals surface area contributed by atoms with Crippen molar-refractivity contribution >= 4 is 16.0 Å². The second-order valence-corrected chi connectivity index (χ2v) is 7.22. The third-order valence-corrected chi connectivity index (χ3v) is 5.79. The molecule has 2 heterocycles. The molecule has 0 saturated carbocycles. The van der Waals surface area contributed by atoms with Crippen LogP contribution in [-0.2, 0) is 21.2 Å². The summed E-state index contributed by atoms with van der Waals surface area (Å²) in [5.74, 6) is 0.558. The summed E-state index contributed by atoms with van der Waals surface area (Å²) in [7, 11) is -3.54. The number of guanidine groups is 1. The van der Waals surface area contributed by atoms with Crippen molar-refractivity contribution in [3.05, 3.63) is 29.8 Å². The quantitative estimate of drug-likeness (QED) is 0.830. The molecule has 1 saturated heterocycles. The zero-order valence-corrected chi connectivity index (χ0v) is 13.6. The maximum Gasteiger partial charge on any atom is 0.266 e. The number of rotatable bonds is 3. The van der Waals surface area contributed by atoms with Gasteiger partial charge in [0.2, 0.25) is 5.96 Å². The number of hydrogen-bond donors (Lipinski definition) is 0. The largest absolute Gasteiger partial charge is 0.378 e. The van der Waals surface area contributed by atoms with Crippen molar-refractivity contribution < 1.29 is 13.2 Å². The minimum atomic E-state index is -3.54. The zero-order chi connectivity index (χ0) is 15.6.